The van der Waals surface area contributed by atoms with Crippen LogP contribution in [0.4, 0.5) is 8.78 Å². The Morgan fingerprint density at radius 3 is 2.83 bits per heavy atom. The molecular formula is C21H17ClF2N4O. The molecule has 0 fully saturated rings. The molecule has 2 unspecified atom stereocenters. The number of allylic oxidation sites excluding steroid dienone is 3. The number of halogens is 3. The summed E-state index contributed by atoms with van der Waals surface area (Å²) >= 11 is 6.11. The zero-order valence-corrected chi connectivity index (χ0v) is 15.9. The highest BCUT2D eigenvalue weighted by atomic mass is 35.5. The molecule has 2 atom stereocenters. The number of fused-ring (bicyclic) bond motifs is 1. The monoisotopic (exact) mass is 414 g/mol. The van der Waals surface area contributed by atoms with Crippen LogP contribution in [0.15, 0.2) is 84.6 Å². The molecule has 1 aromatic carbocycles. The number of pyridine rings is 1. The Kier molecular flexibility index (Phi) is 5.31. The molecule has 29 heavy (non-hydrogen) atoms. The number of carbonyl (C=O) groups is 1. The predicted octanol–water partition coefficient (Wildman–Crippen LogP) is 4.06. The number of carbonyl (C=O) groups excluding carboxylic acids is 1. The highest BCUT2D eigenvalue weighted by Crippen LogP contribution is 2.35. The SMILES string of the molecule is O=C(NC(c1cccnc1)C(F)F)C1=C2C=CC=CN2C(c2cccc(Cl)c2)N1. The van der Waals surface area contributed by atoms with Gasteiger partial charge < -0.3 is 15.5 Å². The molecule has 2 aliphatic heterocycles. The molecule has 0 saturated heterocycles. The molecule has 0 saturated carbocycles. The van der Waals surface area contributed by atoms with Crippen LogP contribution in [0.1, 0.15) is 23.3 Å². The lowest BCUT2D eigenvalue weighted by Gasteiger charge is -2.26. The number of nitrogens with one attached hydrogen (secondary N) is 2. The Balaban J connectivity index is 1.62. The van der Waals surface area contributed by atoms with Crippen LogP contribution in [0.5, 0.6) is 0 Å². The number of alkyl halides is 2. The minimum Gasteiger partial charge on any atom is -0.355 e. The average Bonchev–Trinajstić information content (AvgIpc) is 3.12. The first-order valence-corrected chi connectivity index (χ1v) is 9.31. The first-order chi connectivity index (χ1) is 14.0. The summed E-state index contributed by atoms with van der Waals surface area (Å²) in [5.41, 5.74) is 1.89. The zero-order valence-electron chi connectivity index (χ0n) is 15.1. The fraction of sp³-hybridized carbons (Fsp3) is 0.143. The van der Waals surface area contributed by atoms with Crippen molar-refractivity contribution in [1.82, 2.24) is 20.5 Å². The lowest BCUT2D eigenvalue weighted by molar-refractivity contribution is -0.119. The third-order valence-corrected chi connectivity index (χ3v) is 4.91. The second kappa shape index (κ2) is 8.05. The second-order valence-corrected chi connectivity index (χ2v) is 6.98. The van der Waals surface area contributed by atoms with E-state index in [0.29, 0.717) is 10.7 Å². The summed E-state index contributed by atoms with van der Waals surface area (Å²) in [6.07, 6.45) is 6.85. The third kappa shape index (κ3) is 3.86. The minimum absolute atomic E-state index is 0.213. The standard InChI is InChI=1S/C21H17ClF2N4O/c22-15-7-3-5-13(11-15)20-26-18(16-8-1-2-10-28(16)20)21(29)27-17(19(23)24)14-6-4-9-25-12-14/h1-12,17,19-20,26H,(H,27,29). The van der Waals surface area contributed by atoms with Gasteiger partial charge in [-0.05, 0) is 41.5 Å². The van der Waals surface area contributed by atoms with Gasteiger partial charge in [0.05, 0.1) is 5.70 Å². The zero-order chi connectivity index (χ0) is 20.4. The Hall–Kier alpha value is -3.19. The number of rotatable bonds is 5. The van der Waals surface area contributed by atoms with Gasteiger partial charge >= 0.3 is 0 Å². The van der Waals surface area contributed by atoms with Gasteiger partial charge in [0.15, 0.2) is 0 Å². The normalized spacial score (nSPS) is 18.6. The van der Waals surface area contributed by atoms with E-state index < -0.39 is 18.4 Å². The van der Waals surface area contributed by atoms with Gasteiger partial charge in [-0.15, -0.1) is 0 Å². The van der Waals surface area contributed by atoms with Crippen LogP contribution in [0, 0.1) is 0 Å². The van der Waals surface area contributed by atoms with Crippen LogP contribution in [0.25, 0.3) is 0 Å². The number of hydrogen-bond donors (Lipinski definition) is 2. The van der Waals surface area contributed by atoms with E-state index in [1.54, 1.807) is 30.4 Å². The van der Waals surface area contributed by atoms with Crippen LogP contribution >= 0.6 is 11.6 Å². The van der Waals surface area contributed by atoms with Gasteiger partial charge in [-0.2, -0.15) is 0 Å². The van der Waals surface area contributed by atoms with Crippen molar-refractivity contribution in [2.75, 3.05) is 0 Å². The van der Waals surface area contributed by atoms with E-state index >= 15 is 0 Å². The van der Waals surface area contributed by atoms with Gasteiger partial charge in [-0.1, -0.05) is 35.9 Å². The summed E-state index contributed by atoms with van der Waals surface area (Å²) in [5.74, 6) is -0.622. The van der Waals surface area contributed by atoms with E-state index in [1.165, 1.54) is 18.5 Å². The molecule has 0 bridgehead atoms. The van der Waals surface area contributed by atoms with Gasteiger partial charge in [-0.3, -0.25) is 9.78 Å². The number of nitrogens with zero attached hydrogens (tertiary/aromatic N) is 2. The maximum Gasteiger partial charge on any atom is 0.270 e. The molecule has 0 radical (unpaired) electrons. The van der Waals surface area contributed by atoms with Crippen molar-refractivity contribution in [3.8, 4) is 0 Å². The summed E-state index contributed by atoms with van der Waals surface area (Å²) < 4.78 is 27.2. The van der Waals surface area contributed by atoms with Crippen LogP contribution in [0.3, 0.4) is 0 Å². The largest absolute Gasteiger partial charge is 0.355 e. The highest BCUT2D eigenvalue weighted by molar-refractivity contribution is 6.30. The van der Waals surface area contributed by atoms with Crippen LogP contribution in [-0.2, 0) is 4.79 Å². The third-order valence-electron chi connectivity index (χ3n) is 4.68. The molecule has 8 heteroatoms. The summed E-state index contributed by atoms with van der Waals surface area (Å²) in [6.45, 7) is 0. The smallest absolute Gasteiger partial charge is 0.270 e. The maximum atomic E-state index is 13.6. The molecule has 1 amide bonds. The minimum atomic E-state index is -2.78. The Morgan fingerprint density at radius 1 is 1.24 bits per heavy atom. The number of amides is 1. The van der Waals surface area contributed by atoms with Crippen molar-refractivity contribution in [2.45, 2.75) is 18.6 Å². The number of hydrogen-bond acceptors (Lipinski definition) is 4. The Morgan fingerprint density at radius 2 is 2.10 bits per heavy atom. The van der Waals surface area contributed by atoms with Crippen molar-refractivity contribution in [3.05, 3.63) is 101 Å². The number of benzene rings is 1. The molecule has 0 spiro atoms. The number of aromatic nitrogens is 1. The molecule has 2 N–H and O–H groups in total. The van der Waals surface area contributed by atoms with Crippen LogP contribution < -0.4 is 10.6 Å². The van der Waals surface area contributed by atoms with Crippen molar-refractivity contribution in [2.24, 2.45) is 0 Å². The fourth-order valence-corrected chi connectivity index (χ4v) is 3.54. The summed E-state index contributed by atoms with van der Waals surface area (Å²) in [4.78, 5) is 18.7. The van der Waals surface area contributed by atoms with E-state index in [-0.39, 0.29) is 17.4 Å². The molecule has 2 aliphatic rings. The van der Waals surface area contributed by atoms with E-state index in [1.807, 2.05) is 29.3 Å². The topological polar surface area (TPSA) is 57.3 Å². The predicted molar refractivity (Wildman–Crippen MR) is 106 cm³/mol. The first kappa shape index (κ1) is 19.1. The molecule has 5 nitrogen and oxygen atoms in total. The van der Waals surface area contributed by atoms with Crippen molar-refractivity contribution in [3.63, 3.8) is 0 Å². The molecular weight excluding hydrogens is 398 g/mol. The van der Waals surface area contributed by atoms with Crippen molar-refractivity contribution >= 4 is 17.5 Å². The Labute approximate surface area is 171 Å². The molecule has 3 heterocycles. The van der Waals surface area contributed by atoms with Gasteiger partial charge in [0, 0.05) is 23.6 Å². The van der Waals surface area contributed by atoms with E-state index in [4.69, 9.17) is 11.6 Å². The molecule has 0 aliphatic carbocycles. The second-order valence-electron chi connectivity index (χ2n) is 6.54. The van der Waals surface area contributed by atoms with Crippen molar-refractivity contribution in [1.29, 1.82) is 0 Å². The average molecular weight is 415 g/mol. The molecule has 148 valence electrons. The lowest BCUT2D eigenvalue weighted by Crippen LogP contribution is -2.37. The van der Waals surface area contributed by atoms with Crippen LogP contribution in [-0.4, -0.2) is 22.2 Å². The van der Waals surface area contributed by atoms with E-state index in [0.717, 1.165) is 5.56 Å². The molecule has 4 rings (SSSR count). The van der Waals surface area contributed by atoms with Gasteiger partial charge in [0.2, 0.25) is 0 Å². The van der Waals surface area contributed by atoms with Crippen molar-refractivity contribution < 1.29 is 13.6 Å². The lowest BCUT2D eigenvalue weighted by atomic mass is 10.1. The fourth-order valence-electron chi connectivity index (χ4n) is 3.34. The quantitative estimate of drug-likeness (QED) is 0.774. The molecule has 1 aromatic heterocycles. The summed E-state index contributed by atoms with van der Waals surface area (Å²) in [5, 5.41) is 6.14. The van der Waals surface area contributed by atoms with E-state index in [2.05, 4.69) is 15.6 Å². The van der Waals surface area contributed by atoms with Gasteiger partial charge in [0.25, 0.3) is 12.3 Å². The van der Waals surface area contributed by atoms with Gasteiger partial charge in [-0.25, -0.2) is 8.78 Å². The highest BCUT2D eigenvalue weighted by Gasteiger charge is 2.35. The first-order valence-electron chi connectivity index (χ1n) is 8.93. The van der Waals surface area contributed by atoms with Crippen LogP contribution in [0.2, 0.25) is 5.02 Å². The summed E-state index contributed by atoms with van der Waals surface area (Å²) in [6, 6.07) is 8.85. The molecule has 2 aromatic rings. The summed E-state index contributed by atoms with van der Waals surface area (Å²) in [7, 11) is 0. The maximum absolute atomic E-state index is 13.6. The Bertz CT molecular complexity index is 1010. The van der Waals surface area contributed by atoms with Gasteiger partial charge in [0.1, 0.15) is 17.9 Å². The van der Waals surface area contributed by atoms with E-state index in [9.17, 15) is 13.6 Å².